The Morgan fingerprint density at radius 3 is 1.13 bits per heavy atom. The van der Waals surface area contributed by atoms with E-state index in [9.17, 15) is 0 Å². The number of hydrogen-bond donors (Lipinski definition) is 0. The maximum absolute atomic E-state index is 2.46. The summed E-state index contributed by atoms with van der Waals surface area (Å²) >= 11 is 0. The normalized spacial score (nSPS) is 12.5. The van der Waals surface area contributed by atoms with Crippen LogP contribution < -0.4 is 14.7 Å². The summed E-state index contributed by atoms with van der Waals surface area (Å²) in [5.41, 5.74) is 15.1. The summed E-state index contributed by atoms with van der Waals surface area (Å²) in [7, 11) is 0. The molecule has 0 aliphatic heterocycles. The summed E-state index contributed by atoms with van der Waals surface area (Å²) in [6.45, 7) is 4.72. The molecule has 3 nitrogen and oxygen atoms in total. The highest BCUT2D eigenvalue weighted by atomic mass is 15.2. The van der Waals surface area contributed by atoms with Gasteiger partial charge in [0.15, 0.2) is 0 Å². The lowest BCUT2D eigenvalue weighted by atomic mass is 9.81. The Hall–Kier alpha value is -7.88. The highest BCUT2D eigenvalue weighted by Crippen LogP contribution is 2.51. The molecule has 0 saturated carbocycles. The van der Waals surface area contributed by atoms with Gasteiger partial charge in [0, 0.05) is 56.6 Å². The lowest BCUT2D eigenvalue weighted by Crippen LogP contribution is -2.15. The van der Waals surface area contributed by atoms with Crippen molar-refractivity contribution in [2.45, 2.75) is 19.3 Å². The first-order valence-electron chi connectivity index (χ1n) is 21.4. The van der Waals surface area contributed by atoms with E-state index in [1.165, 1.54) is 43.8 Å². The molecule has 11 rings (SSSR count). The predicted octanol–water partition coefficient (Wildman–Crippen LogP) is 16.7. The summed E-state index contributed by atoms with van der Waals surface area (Å²) in [6.07, 6.45) is 0. The van der Waals surface area contributed by atoms with Gasteiger partial charge in [0.05, 0.1) is 0 Å². The number of anilines is 9. The molecular formula is C59H45N3. The molecule has 0 fully saturated rings. The van der Waals surface area contributed by atoms with Crippen molar-refractivity contribution in [1.29, 1.82) is 0 Å². The van der Waals surface area contributed by atoms with E-state index in [-0.39, 0.29) is 5.41 Å². The molecular weight excluding hydrogens is 751 g/mol. The van der Waals surface area contributed by atoms with Gasteiger partial charge in [-0.15, -0.1) is 0 Å². The van der Waals surface area contributed by atoms with Crippen molar-refractivity contribution in [3.8, 4) is 11.1 Å². The average molecular weight is 796 g/mol. The van der Waals surface area contributed by atoms with Crippen LogP contribution in [0, 0.1) is 0 Å². The highest BCUT2D eigenvalue weighted by molar-refractivity contribution is 6.11. The second-order valence-electron chi connectivity index (χ2n) is 16.6. The summed E-state index contributed by atoms with van der Waals surface area (Å²) in [5.74, 6) is 0. The van der Waals surface area contributed by atoms with Crippen molar-refractivity contribution < 1.29 is 0 Å². The zero-order valence-electron chi connectivity index (χ0n) is 34.9. The molecule has 0 amide bonds. The Morgan fingerprint density at radius 2 is 0.645 bits per heavy atom. The quantitative estimate of drug-likeness (QED) is 0.135. The van der Waals surface area contributed by atoms with E-state index >= 15 is 0 Å². The SMILES string of the molecule is CC1(C)c2ccccc2-c2cc3ccc4cc(N(c5cccc(N(c6ccccc6)c6ccccc6)c5)c5cccc(N(c6ccccc6)c6ccccc6)c5)ccc4c3cc21. The molecule has 0 aromatic heterocycles. The molecule has 0 spiro atoms. The third-order valence-electron chi connectivity index (χ3n) is 12.5. The second kappa shape index (κ2) is 15.3. The first-order chi connectivity index (χ1) is 30.5. The van der Waals surface area contributed by atoms with Crippen molar-refractivity contribution in [2.24, 2.45) is 0 Å². The first kappa shape index (κ1) is 37.1. The van der Waals surface area contributed by atoms with Crippen LogP contribution in [-0.4, -0.2) is 0 Å². The summed E-state index contributed by atoms with van der Waals surface area (Å²) in [6, 6.07) is 85.7. The summed E-state index contributed by atoms with van der Waals surface area (Å²) in [4.78, 5) is 7.06. The zero-order valence-corrected chi connectivity index (χ0v) is 34.9. The smallest absolute Gasteiger partial charge is 0.0482 e. The molecule has 0 saturated heterocycles. The number of benzene rings is 10. The van der Waals surface area contributed by atoms with Crippen molar-refractivity contribution in [2.75, 3.05) is 14.7 Å². The number of hydrogen-bond acceptors (Lipinski definition) is 3. The molecule has 0 bridgehead atoms. The number of rotatable bonds is 9. The van der Waals surface area contributed by atoms with Crippen molar-refractivity contribution in [3.05, 3.63) is 248 Å². The number of nitrogens with zero attached hydrogens (tertiary/aromatic N) is 3. The lowest BCUT2D eigenvalue weighted by molar-refractivity contribution is 0.661. The highest BCUT2D eigenvalue weighted by Gasteiger charge is 2.35. The largest absolute Gasteiger partial charge is 0.310 e. The minimum absolute atomic E-state index is 0.0736. The molecule has 0 N–H and O–H groups in total. The van der Waals surface area contributed by atoms with Gasteiger partial charge in [-0.05, 0) is 153 Å². The van der Waals surface area contributed by atoms with E-state index < -0.39 is 0 Å². The molecule has 1 aliphatic rings. The Bertz CT molecular complexity index is 3010. The van der Waals surface area contributed by atoms with Gasteiger partial charge in [-0.2, -0.15) is 0 Å². The third kappa shape index (κ3) is 6.47. The summed E-state index contributed by atoms with van der Waals surface area (Å²) in [5, 5.41) is 5.00. The van der Waals surface area contributed by atoms with Crippen LogP contribution >= 0.6 is 0 Å². The molecule has 10 aromatic rings. The molecule has 0 heterocycles. The number of para-hydroxylation sites is 4. The molecule has 1 aliphatic carbocycles. The Labute approximate surface area is 364 Å². The lowest BCUT2D eigenvalue weighted by Gasteiger charge is -2.31. The van der Waals surface area contributed by atoms with Gasteiger partial charge in [0.2, 0.25) is 0 Å². The van der Waals surface area contributed by atoms with Gasteiger partial charge in [0.1, 0.15) is 0 Å². The maximum Gasteiger partial charge on any atom is 0.0482 e. The van der Waals surface area contributed by atoms with Crippen LogP contribution in [0.3, 0.4) is 0 Å². The maximum atomic E-state index is 2.46. The monoisotopic (exact) mass is 795 g/mol. The molecule has 3 heteroatoms. The molecule has 0 atom stereocenters. The van der Waals surface area contributed by atoms with Crippen LogP contribution in [0.1, 0.15) is 25.0 Å². The fraction of sp³-hybridized carbons (Fsp3) is 0.0508. The van der Waals surface area contributed by atoms with Gasteiger partial charge in [-0.1, -0.05) is 141 Å². The Kier molecular flexibility index (Phi) is 9.17. The minimum atomic E-state index is -0.0736. The third-order valence-corrected chi connectivity index (χ3v) is 12.5. The standard InChI is InChI=1S/C59H45N3/c1-59(2)57-32-16-15-31-54(57)56-38-43-34-33-42-37-52(35-36-53(42)55(43)41-58(56)59)62(50-29-17-27-48(39-50)60(44-19-7-3-8-20-44)45-21-9-4-10-22-45)51-30-18-28-49(40-51)61(46-23-11-5-12-24-46)47-25-13-6-14-26-47/h3-41H,1-2H3. The fourth-order valence-electron chi connectivity index (χ4n) is 9.58. The van der Waals surface area contributed by atoms with Crippen molar-refractivity contribution >= 4 is 72.7 Å². The van der Waals surface area contributed by atoms with E-state index in [1.807, 2.05) is 0 Å². The molecule has 0 radical (unpaired) electrons. The molecule has 296 valence electrons. The summed E-state index contributed by atoms with van der Waals surface area (Å²) < 4.78 is 0. The van der Waals surface area contributed by atoms with Crippen LogP contribution in [0.2, 0.25) is 0 Å². The predicted molar refractivity (Wildman–Crippen MR) is 263 cm³/mol. The second-order valence-corrected chi connectivity index (χ2v) is 16.6. The van der Waals surface area contributed by atoms with Gasteiger partial charge in [0.25, 0.3) is 0 Å². The van der Waals surface area contributed by atoms with Crippen LogP contribution in [0.25, 0.3) is 32.7 Å². The Morgan fingerprint density at radius 1 is 0.258 bits per heavy atom. The van der Waals surface area contributed by atoms with E-state index in [2.05, 4.69) is 265 Å². The fourth-order valence-corrected chi connectivity index (χ4v) is 9.58. The van der Waals surface area contributed by atoms with E-state index in [0.717, 1.165) is 51.2 Å². The zero-order chi connectivity index (χ0) is 41.6. The van der Waals surface area contributed by atoms with Gasteiger partial charge in [-0.3, -0.25) is 0 Å². The van der Waals surface area contributed by atoms with E-state index in [0.29, 0.717) is 0 Å². The van der Waals surface area contributed by atoms with E-state index in [1.54, 1.807) is 0 Å². The Balaban J connectivity index is 1.09. The van der Waals surface area contributed by atoms with Crippen LogP contribution in [-0.2, 0) is 5.41 Å². The molecule has 62 heavy (non-hydrogen) atoms. The minimum Gasteiger partial charge on any atom is -0.310 e. The first-order valence-corrected chi connectivity index (χ1v) is 21.4. The number of fused-ring (bicyclic) bond motifs is 6. The molecule has 10 aromatic carbocycles. The van der Waals surface area contributed by atoms with E-state index in [4.69, 9.17) is 0 Å². The van der Waals surface area contributed by atoms with Gasteiger partial charge in [-0.25, -0.2) is 0 Å². The van der Waals surface area contributed by atoms with Gasteiger partial charge >= 0.3 is 0 Å². The van der Waals surface area contributed by atoms with Crippen LogP contribution in [0.5, 0.6) is 0 Å². The average Bonchev–Trinajstić information content (AvgIpc) is 3.55. The van der Waals surface area contributed by atoms with Crippen LogP contribution in [0.4, 0.5) is 51.2 Å². The topological polar surface area (TPSA) is 9.72 Å². The van der Waals surface area contributed by atoms with Gasteiger partial charge < -0.3 is 14.7 Å². The van der Waals surface area contributed by atoms with Crippen LogP contribution in [0.15, 0.2) is 237 Å². The molecule has 0 unspecified atom stereocenters. The van der Waals surface area contributed by atoms with Crippen molar-refractivity contribution in [3.63, 3.8) is 0 Å². The van der Waals surface area contributed by atoms with Crippen molar-refractivity contribution in [1.82, 2.24) is 0 Å².